The van der Waals surface area contributed by atoms with E-state index in [4.69, 9.17) is 10.4 Å². The van der Waals surface area contributed by atoms with Crippen LogP contribution in [0.25, 0.3) is 5.82 Å². The number of hydrogen-bond donors (Lipinski definition) is 2. The molecule has 0 saturated carbocycles. The molecule has 0 aliphatic rings. The molecule has 0 radical (unpaired) electrons. The fraction of sp³-hybridized carbons (Fsp3) is 0.455. The molecule has 0 unspecified atom stereocenters. The lowest BCUT2D eigenvalue weighted by atomic mass is 10.0. The number of benzene rings is 1. The van der Waals surface area contributed by atoms with E-state index < -0.39 is 5.91 Å². The number of nitrogens with zero attached hydrogens (tertiary/aromatic N) is 7. The normalized spacial score (nSPS) is 11.7. The van der Waals surface area contributed by atoms with Crippen LogP contribution in [0.1, 0.15) is 73.8 Å². The molecule has 0 aliphatic carbocycles. The third kappa shape index (κ3) is 6.01. The molecule has 33 heavy (non-hydrogen) atoms. The van der Waals surface area contributed by atoms with Gasteiger partial charge in [0.05, 0.1) is 11.9 Å². The lowest BCUT2D eigenvalue weighted by molar-refractivity contribution is 0.0947. The van der Waals surface area contributed by atoms with E-state index in [-0.39, 0.29) is 17.3 Å². The molecule has 1 aromatic carbocycles. The Kier molecular flexibility index (Phi) is 8.25. The number of carbonyl (C=O) groups excluding carboxylic acids is 1. The van der Waals surface area contributed by atoms with Crippen LogP contribution in [0.15, 0.2) is 34.0 Å². The SMILES string of the molecule is CCCN(CCC)Cc1c(C(=O)N/N=C\c2ccc(C(C)C)cc2)nnn1-c1nonc1N. The highest BCUT2D eigenvalue weighted by Crippen LogP contribution is 2.18. The highest BCUT2D eigenvalue weighted by molar-refractivity contribution is 5.94. The van der Waals surface area contributed by atoms with Gasteiger partial charge in [-0.1, -0.05) is 57.2 Å². The van der Waals surface area contributed by atoms with Crippen molar-refractivity contribution in [1.82, 2.24) is 35.6 Å². The Morgan fingerprint density at radius 3 is 2.48 bits per heavy atom. The molecule has 176 valence electrons. The summed E-state index contributed by atoms with van der Waals surface area (Å²) in [5, 5.41) is 19.7. The highest BCUT2D eigenvalue weighted by Gasteiger charge is 2.25. The maximum absolute atomic E-state index is 12.9. The van der Waals surface area contributed by atoms with Crippen molar-refractivity contribution in [3.05, 3.63) is 46.8 Å². The molecular formula is C22H31N9O2. The second kappa shape index (κ2) is 11.3. The van der Waals surface area contributed by atoms with Crippen LogP contribution in [0.3, 0.4) is 0 Å². The molecule has 0 fully saturated rings. The van der Waals surface area contributed by atoms with Crippen LogP contribution in [0.5, 0.6) is 0 Å². The third-order valence-electron chi connectivity index (χ3n) is 5.11. The molecule has 0 aliphatic heterocycles. The molecule has 11 nitrogen and oxygen atoms in total. The van der Waals surface area contributed by atoms with Crippen molar-refractivity contribution in [2.75, 3.05) is 18.8 Å². The molecule has 11 heteroatoms. The largest absolute Gasteiger partial charge is 0.378 e. The number of carbonyl (C=O) groups is 1. The van der Waals surface area contributed by atoms with Crippen molar-refractivity contribution in [2.45, 2.75) is 53.0 Å². The number of nitrogen functional groups attached to an aromatic ring is 1. The van der Waals surface area contributed by atoms with Crippen molar-refractivity contribution in [1.29, 1.82) is 0 Å². The number of nitrogens with two attached hydrogens (primary N) is 1. The topological polar surface area (TPSA) is 140 Å². The van der Waals surface area contributed by atoms with E-state index in [0.717, 1.165) is 31.5 Å². The number of hydrogen-bond acceptors (Lipinski definition) is 9. The van der Waals surface area contributed by atoms with Gasteiger partial charge in [-0.3, -0.25) is 9.69 Å². The number of rotatable bonds is 11. The zero-order valence-electron chi connectivity index (χ0n) is 19.5. The zero-order valence-corrected chi connectivity index (χ0v) is 19.5. The zero-order chi connectivity index (χ0) is 23.8. The number of aromatic nitrogens is 5. The van der Waals surface area contributed by atoms with Crippen molar-refractivity contribution in [3.63, 3.8) is 0 Å². The molecule has 2 aromatic heterocycles. The van der Waals surface area contributed by atoms with Crippen LogP contribution in [0, 0.1) is 0 Å². The number of amides is 1. The molecule has 0 spiro atoms. The average Bonchev–Trinajstić information content (AvgIpc) is 3.40. The van der Waals surface area contributed by atoms with Gasteiger partial charge in [0.2, 0.25) is 11.6 Å². The standard InChI is InChI=1S/C22H31N9O2/c1-5-11-30(12-6-2)14-18-19(25-29-31(18)21-20(23)27-33-28-21)22(32)26-24-13-16-7-9-17(10-8-16)15(3)4/h7-10,13,15H,5-6,11-12,14H2,1-4H3,(H2,23,27)(H,26,32)/b24-13-. The summed E-state index contributed by atoms with van der Waals surface area (Å²) in [5.74, 6) is 0.228. The Balaban J connectivity index is 1.82. The molecule has 0 bridgehead atoms. The maximum Gasteiger partial charge on any atom is 0.293 e. The van der Waals surface area contributed by atoms with Gasteiger partial charge in [0.25, 0.3) is 5.91 Å². The first kappa shape index (κ1) is 24.1. The van der Waals surface area contributed by atoms with Crippen molar-refractivity contribution >= 4 is 17.9 Å². The predicted molar refractivity (Wildman–Crippen MR) is 125 cm³/mol. The van der Waals surface area contributed by atoms with Gasteiger partial charge in [-0.25, -0.2) is 10.1 Å². The number of nitrogens with one attached hydrogen (secondary N) is 1. The molecule has 3 N–H and O–H groups in total. The Hall–Kier alpha value is -3.60. The lowest BCUT2D eigenvalue weighted by Gasteiger charge is -2.21. The fourth-order valence-electron chi connectivity index (χ4n) is 3.43. The van der Waals surface area contributed by atoms with Gasteiger partial charge in [-0.05, 0) is 53.3 Å². The van der Waals surface area contributed by atoms with Gasteiger partial charge in [0.15, 0.2) is 5.69 Å². The average molecular weight is 454 g/mol. The molecule has 2 heterocycles. The summed E-state index contributed by atoms with van der Waals surface area (Å²) in [5.41, 5.74) is 11.2. The molecule has 3 aromatic rings. The van der Waals surface area contributed by atoms with Gasteiger partial charge < -0.3 is 5.73 Å². The fourth-order valence-corrected chi connectivity index (χ4v) is 3.43. The van der Waals surface area contributed by atoms with Crippen LogP contribution in [0.4, 0.5) is 5.82 Å². The Labute approximate surface area is 193 Å². The van der Waals surface area contributed by atoms with Gasteiger partial charge in [-0.2, -0.15) is 9.78 Å². The monoisotopic (exact) mass is 453 g/mol. The number of anilines is 1. The Morgan fingerprint density at radius 2 is 1.91 bits per heavy atom. The summed E-state index contributed by atoms with van der Waals surface area (Å²) < 4.78 is 6.11. The molecular weight excluding hydrogens is 422 g/mol. The van der Waals surface area contributed by atoms with E-state index in [0.29, 0.717) is 18.2 Å². The second-order valence-electron chi connectivity index (χ2n) is 8.07. The molecule has 0 atom stereocenters. The van der Waals surface area contributed by atoms with Gasteiger partial charge in [0, 0.05) is 6.54 Å². The van der Waals surface area contributed by atoms with Crippen LogP contribution in [-0.4, -0.2) is 55.4 Å². The molecule has 3 rings (SSSR count). The van der Waals surface area contributed by atoms with Crippen LogP contribution in [0.2, 0.25) is 0 Å². The van der Waals surface area contributed by atoms with Crippen LogP contribution >= 0.6 is 0 Å². The first-order valence-electron chi connectivity index (χ1n) is 11.1. The summed E-state index contributed by atoms with van der Waals surface area (Å²) in [6, 6.07) is 8.01. The summed E-state index contributed by atoms with van der Waals surface area (Å²) in [4.78, 5) is 15.1. The summed E-state index contributed by atoms with van der Waals surface area (Å²) in [6.45, 7) is 10.6. The minimum absolute atomic E-state index is 0.0634. The van der Waals surface area contributed by atoms with Crippen molar-refractivity contribution < 1.29 is 9.42 Å². The highest BCUT2D eigenvalue weighted by atomic mass is 16.6. The first-order valence-corrected chi connectivity index (χ1v) is 11.1. The van der Waals surface area contributed by atoms with E-state index in [9.17, 15) is 4.79 Å². The van der Waals surface area contributed by atoms with E-state index in [1.165, 1.54) is 10.2 Å². The van der Waals surface area contributed by atoms with Crippen molar-refractivity contribution in [3.8, 4) is 5.82 Å². The molecule has 1 amide bonds. The minimum Gasteiger partial charge on any atom is -0.378 e. The maximum atomic E-state index is 12.9. The predicted octanol–water partition coefficient (Wildman–Crippen LogP) is 2.74. The van der Waals surface area contributed by atoms with Crippen LogP contribution < -0.4 is 11.2 Å². The van der Waals surface area contributed by atoms with E-state index in [1.54, 1.807) is 6.21 Å². The second-order valence-corrected chi connectivity index (χ2v) is 8.07. The summed E-state index contributed by atoms with van der Waals surface area (Å²) in [6.07, 6.45) is 3.53. The van der Waals surface area contributed by atoms with E-state index in [1.807, 2.05) is 24.3 Å². The minimum atomic E-state index is -0.478. The summed E-state index contributed by atoms with van der Waals surface area (Å²) in [7, 11) is 0. The quantitative estimate of drug-likeness (QED) is 0.333. The third-order valence-corrected chi connectivity index (χ3v) is 5.11. The molecule has 0 saturated heterocycles. The van der Waals surface area contributed by atoms with Crippen molar-refractivity contribution in [2.24, 2.45) is 5.10 Å². The van der Waals surface area contributed by atoms with E-state index >= 15 is 0 Å². The van der Waals surface area contributed by atoms with Gasteiger partial charge in [0.1, 0.15) is 0 Å². The smallest absolute Gasteiger partial charge is 0.293 e. The first-order chi connectivity index (χ1) is 15.9. The number of hydrazone groups is 1. The Morgan fingerprint density at radius 1 is 1.21 bits per heavy atom. The van der Waals surface area contributed by atoms with E-state index in [2.05, 4.69) is 63.7 Å². The van der Waals surface area contributed by atoms with Crippen LogP contribution in [-0.2, 0) is 6.54 Å². The lowest BCUT2D eigenvalue weighted by Crippen LogP contribution is -2.28. The van der Waals surface area contributed by atoms with Gasteiger partial charge in [-0.15, -0.1) is 5.10 Å². The summed E-state index contributed by atoms with van der Waals surface area (Å²) >= 11 is 0. The van der Waals surface area contributed by atoms with Gasteiger partial charge >= 0.3 is 0 Å². The Bertz CT molecular complexity index is 1060.